The van der Waals surface area contributed by atoms with Crippen LogP contribution in [0.5, 0.6) is 5.75 Å². The molecule has 1 rings (SSSR count). The summed E-state index contributed by atoms with van der Waals surface area (Å²) < 4.78 is 28.1. The largest absolute Gasteiger partial charge is 0.491 e. The average molecular weight is 409 g/mol. The zero-order valence-corrected chi connectivity index (χ0v) is 19.1. The standard InChI is InChI=1S/C22H36O5Si/c1-7-20-8-10-21(11-9-20)26-18-16-24-14-12-23-13-15-25-17-19-27-28(5,6)22(2,3)4/h1,8-11H,12-19H2,2-6H3. The average Bonchev–Trinajstić information content (AvgIpc) is 2.65. The number of ether oxygens (including phenoxy) is 4. The van der Waals surface area contributed by atoms with E-state index in [2.05, 4.69) is 39.8 Å². The molecule has 1 aromatic carbocycles. The zero-order chi connectivity index (χ0) is 20.9. The van der Waals surface area contributed by atoms with Gasteiger partial charge in [0.2, 0.25) is 0 Å². The summed E-state index contributed by atoms with van der Waals surface area (Å²) in [5, 5.41) is 0.230. The number of benzene rings is 1. The Morgan fingerprint density at radius 2 is 1.25 bits per heavy atom. The van der Waals surface area contributed by atoms with Gasteiger partial charge in [-0.3, -0.25) is 0 Å². The molecular weight excluding hydrogens is 372 g/mol. The summed E-state index contributed by atoms with van der Waals surface area (Å²) in [5.74, 6) is 3.36. The van der Waals surface area contributed by atoms with Gasteiger partial charge in [0.25, 0.3) is 0 Å². The second kappa shape index (κ2) is 13.0. The van der Waals surface area contributed by atoms with Gasteiger partial charge in [-0.1, -0.05) is 26.7 Å². The molecule has 1 aromatic rings. The fourth-order valence-electron chi connectivity index (χ4n) is 1.98. The fourth-order valence-corrected chi connectivity index (χ4v) is 3.01. The molecule has 28 heavy (non-hydrogen) atoms. The molecule has 0 aliphatic carbocycles. The Kier molecular flexibility index (Phi) is 11.4. The quantitative estimate of drug-likeness (QED) is 0.263. The van der Waals surface area contributed by atoms with Crippen molar-refractivity contribution in [2.45, 2.75) is 38.9 Å². The molecule has 0 aliphatic heterocycles. The van der Waals surface area contributed by atoms with Crippen LogP contribution < -0.4 is 4.74 Å². The van der Waals surface area contributed by atoms with Gasteiger partial charge in [0, 0.05) is 5.56 Å². The lowest BCUT2D eigenvalue weighted by molar-refractivity contribution is 0.00431. The van der Waals surface area contributed by atoms with Crippen molar-refractivity contribution in [2.75, 3.05) is 52.9 Å². The minimum absolute atomic E-state index is 0.230. The Bertz CT molecular complexity index is 572. The van der Waals surface area contributed by atoms with E-state index in [0.29, 0.717) is 52.9 Å². The third kappa shape index (κ3) is 10.3. The van der Waals surface area contributed by atoms with E-state index in [1.807, 2.05) is 24.3 Å². The molecule has 0 radical (unpaired) electrons. The van der Waals surface area contributed by atoms with E-state index >= 15 is 0 Å². The molecule has 6 heteroatoms. The van der Waals surface area contributed by atoms with E-state index in [-0.39, 0.29) is 5.04 Å². The van der Waals surface area contributed by atoms with Gasteiger partial charge in [-0.25, -0.2) is 0 Å². The molecule has 0 spiro atoms. The molecule has 0 fully saturated rings. The van der Waals surface area contributed by atoms with Crippen molar-refractivity contribution in [2.24, 2.45) is 0 Å². The first-order valence-corrected chi connectivity index (χ1v) is 12.7. The number of hydrogen-bond acceptors (Lipinski definition) is 5. The van der Waals surface area contributed by atoms with Crippen LogP contribution in [-0.2, 0) is 18.6 Å². The van der Waals surface area contributed by atoms with E-state index < -0.39 is 8.32 Å². The van der Waals surface area contributed by atoms with E-state index in [1.54, 1.807) is 0 Å². The summed E-state index contributed by atoms with van der Waals surface area (Å²) in [6.07, 6.45) is 5.31. The van der Waals surface area contributed by atoms with Crippen molar-refractivity contribution < 1.29 is 23.4 Å². The molecule has 5 nitrogen and oxygen atoms in total. The molecule has 0 unspecified atom stereocenters. The van der Waals surface area contributed by atoms with E-state index in [4.69, 9.17) is 29.8 Å². The third-order valence-electron chi connectivity index (χ3n) is 4.76. The maximum atomic E-state index is 6.05. The van der Waals surface area contributed by atoms with Gasteiger partial charge in [-0.05, 0) is 42.4 Å². The van der Waals surface area contributed by atoms with Crippen LogP contribution in [0.25, 0.3) is 0 Å². The Morgan fingerprint density at radius 3 is 1.71 bits per heavy atom. The highest BCUT2D eigenvalue weighted by Gasteiger charge is 2.36. The number of rotatable bonds is 14. The second-order valence-electron chi connectivity index (χ2n) is 7.96. The van der Waals surface area contributed by atoms with Crippen LogP contribution in [0.2, 0.25) is 18.1 Å². The van der Waals surface area contributed by atoms with E-state index in [1.165, 1.54) is 0 Å². The van der Waals surface area contributed by atoms with Gasteiger partial charge < -0.3 is 23.4 Å². The monoisotopic (exact) mass is 408 g/mol. The van der Waals surface area contributed by atoms with Crippen molar-refractivity contribution in [3.63, 3.8) is 0 Å². The predicted octanol–water partition coefficient (Wildman–Crippen LogP) is 4.12. The molecule has 0 atom stereocenters. The predicted molar refractivity (Wildman–Crippen MR) is 115 cm³/mol. The van der Waals surface area contributed by atoms with Crippen LogP contribution in [0.1, 0.15) is 26.3 Å². The second-order valence-corrected chi connectivity index (χ2v) is 12.8. The number of terminal acetylenes is 1. The Labute approximate surface area is 171 Å². The minimum Gasteiger partial charge on any atom is -0.491 e. The molecule has 0 aliphatic rings. The summed E-state index contributed by atoms with van der Waals surface area (Å²) in [6.45, 7) is 15.7. The fraction of sp³-hybridized carbons (Fsp3) is 0.636. The molecule has 0 amide bonds. The summed E-state index contributed by atoms with van der Waals surface area (Å²) in [5.41, 5.74) is 0.841. The van der Waals surface area contributed by atoms with Crippen molar-refractivity contribution in [3.8, 4) is 18.1 Å². The first-order chi connectivity index (χ1) is 13.3. The van der Waals surface area contributed by atoms with Gasteiger partial charge in [0.1, 0.15) is 12.4 Å². The highest BCUT2D eigenvalue weighted by atomic mass is 28.4. The maximum absolute atomic E-state index is 6.05. The Hall–Kier alpha value is -1.36. The lowest BCUT2D eigenvalue weighted by Crippen LogP contribution is -2.41. The maximum Gasteiger partial charge on any atom is 0.192 e. The van der Waals surface area contributed by atoms with E-state index in [0.717, 1.165) is 11.3 Å². The summed E-state index contributed by atoms with van der Waals surface area (Å²) >= 11 is 0. The molecule has 0 heterocycles. The Morgan fingerprint density at radius 1 is 0.786 bits per heavy atom. The molecule has 0 bridgehead atoms. The first-order valence-electron chi connectivity index (χ1n) is 9.83. The van der Waals surface area contributed by atoms with Gasteiger partial charge in [0.05, 0.1) is 46.2 Å². The van der Waals surface area contributed by atoms with Crippen molar-refractivity contribution in [1.82, 2.24) is 0 Å². The topological polar surface area (TPSA) is 46.2 Å². The van der Waals surface area contributed by atoms with Crippen LogP contribution in [0.4, 0.5) is 0 Å². The van der Waals surface area contributed by atoms with Crippen LogP contribution in [0, 0.1) is 12.3 Å². The van der Waals surface area contributed by atoms with Gasteiger partial charge in [-0.15, -0.1) is 6.42 Å². The Balaban J connectivity index is 1.88. The van der Waals surface area contributed by atoms with Crippen molar-refractivity contribution in [1.29, 1.82) is 0 Å². The summed E-state index contributed by atoms with van der Waals surface area (Å²) in [4.78, 5) is 0. The normalized spacial score (nSPS) is 12.0. The van der Waals surface area contributed by atoms with Gasteiger partial charge >= 0.3 is 0 Å². The molecule has 0 aromatic heterocycles. The molecule has 0 saturated heterocycles. The highest BCUT2D eigenvalue weighted by Crippen LogP contribution is 2.36. The van der Waals surface area contributed by atoms with Crippen molar-refractivity contribution in [3.05, 3.63) is 29.8 Å². The van der Waals surface area contributed by atoms with Crippen molar-refractivity contribution >= 4 is 8.32 Å². The van der Waals surface area contributed by atoms with Crippen LogP contribution in [0.3, 0.4) is 0 Å². The number of hydrogen-bond donors (Lipinski definition) is 0. The lowest BCUT2D eigenvalue weighted by atomic mass is 10.2. The van der Waals surface area contributed by atoms with Crippen LogP contribution in [-0.4, -0.2) is 61.2 Å². The smallest absolute Gasteiger partial charge is 0.192 e. The summed E-state index contributed by atoms with van der Waals surface area (Å²) in [7, 11) is -1.67. The first kappa shape index (κ1) is 24.7. The third-order valence-corrected chi connectivity index (χ3v) is 9.30. The molecule has 158 valence electrons. The zero-order valence-electron chi connectivity index (χ0n) is 18.1. The molecular formula is C22H36O5Si. The van der Waals surface area contributed by atoms with Gasteiger partial charge in [-0.2, -0.15) is 0 Å². The van der Waals surface area contributed by atoms with E-state index in [9.17, 15) is 0 Å². The highest BCUT2D eigenvalue weighted by molar-refractivity contribution is 6.74. The minimum atomic E-state index is -1.67. The lowest BCUT2D eigenvalue weighted by Gasteiger charge is -2.36. The summed E-state index contributed by atoms with van der Waals surface area (Å²) in [6, 6.07) is 7.42. The van der Waals surface area contributed by atoms with Crippen LogP contribution in [0.15, 0.2) is 24.3 Å². The van der Waals surface area contributed by atoms with Gasteiger partial charge in [0.15, 0.2) is 8.32 Å². The molecule has 0 saturated carbocycles. The SMILES string of the molecule is C#Cc1ccc(OCCOCCOCCOCCO[Si](C)(C)C(C)(C)C)cc1. The van der Waals surface area contributed by atoms with Crippen LogP contribution >= 0.6 is 0 Å². The molecule has 0 N–H and O–H groups in total.